The Morgan fingerprint density at radius 3 is 2.80 bits per heavy atom. The third-order valence-corrected chi connectivity index (χ3v) is 4.55. The highest BCUT2D eigenvalue weighted by Crippen LogP contribution is 2.17. The van der Waals surface area contributed by atoms with Crippen LogP contribution in [-0.2, 0) is 4.74 Å². The minimum absolute atomic E-state index is 0.417. The zero-order valence-corrected chi connectivity index (χ0v) is 13.6. The fourth-order valence-electron chi connectivity index (χ4n) is 3.35. The number of nitrogens with one attached hydrogen (secondary N) is 1. The summed E-state index contributed by atoms with van der Waals surface area (Å²) in [6.07, 6.45) is 3.14. The van der Waals surface area contributed by atoms with Crippen molar-refractivity contribution >= 4 is 0 Å². The van der Waals surface area contributed by atoms with E-state index < -0.39 is 0 Å². The molecule has 2 aliphatic heterocycles. The lowest BCUT2D eigenvalue weighted by Crippen LogP contribution is -2.50. The Morgan fingerprint density at radius 2 is 2.05 bits per heavy atom. The first-order valence-corrected chi connectivity index (χ1v) is 8.47. The summed E-state index contributed by atoms with van der Waals surface area (Å²) in [6.45, 7) is 15.8. The first kappa shape index (κ1) is 16.2. The molecule has 0 saturated carbocycles. The van der Waals surface area contributed by atoms with Crippen LogP contribution in [0.2, 0.25) is 0 Å². The molecule has 0 bridgehead atoms. The minimum Gasteiger partial charge on any atom is -0.374 e. The predicted molar refractivity (Wildman–Crippen MR) is 84.2 cm³/mol. The Labute approximate surface area is 124 Å². The average molecular weight is 283 g/mol. The van der Waals surface area contributed by atoms with E-state index in [-0.39, 0.29) is 0 Å². The molecule has 2 heterocycles. The molecule has 2 fully saturated rings. The summed E-state index contributed by atoms with van der Waals surface area (Å²) in [6, 6.07) is 0.602. The van der Waals surface area contributed by atoms with Gasteiger partial charge in [0.25, 0.3) is 0 Å². The largest absolute Gasteiger partial charge is 0.374 e. The van der Waals surface area contributed by atoms with E-state index in [4.69, 9.17) is 4.74 Å². The molecule has 1 N–H and O–H groups in total. The van der Waals surface area contributed by atoms with Gasteiger partial charge in [-0.15, -0.1) is 0 Å². The molecule has 0 radical (unpaired) electrons. The van der Waals surface area contributed by atoms with Gasteiger partial charge in [0.05, 0.1) is 12.7 Å². The number of ether oxygens (including phenoxy) is 1. The van der Waals surface area contributed by atoms with E-state index in [1.807, 2.05) is 0 Å². The Balaban J connectivity index is 1.72. The van der Waals surface area contributed by atoms with Crippen LogP contribution < -0.4 is 5.32 Å². The van der Waals surface area contributed by atoms with Gasteiger partial charge in [0, 0.05) is 32.2 Å². The van der Waals surface area contributed by atoms with Crippen LogP contribution in [0, 0.1) is 5.92 Å². The molecule has 2 aliphatic rings. The zero-order valence-electron chi connectivity index (χ0n) is 13.6. The van der Waals surface area contributed by atoms with Crippen LogP contribution in [0.4, 0.5) is 0 Å². The lowest BCUT2D eigenvalue weighted by atomic mass is 9.97. The highest BCUT2D eigenvalue weighted by molar-refractivity contribution is 4.80. The monoisotopic (exact) mass is 283 g/mol. The number of hydrogen-bond acceptors (Lipinski definition) is 4. The number of hydrogen-bond donors (Lipinski definition) is 1. The smallest absolute Gasteiger partial charge is 0.0829 e. The maximum Gasteiger partial charge on any atom is 0.0829 e. The van der Waals surface area contributed by atoms with E-state index in [9.17, 15) is 0 Å². The van der Waals surface area contributed by atoms with E-state index >= 15 is 0 Å². The highest BCUT2D eigenvalue weighted by Gasteiger charge is 2.25. The molecule has 2 atom stereocenters. The van der Waals surface area contributed by atoms with E-state index in [1.165, 1.54) is 32.5 Å². The van der Waals surface area contributed by atoms with Crippen molar-refractivity contribution in [1.29, 1.82) is 0 Å². The molecule has 0 aromatic carbocycles. The van der Waals surface area contributed by atoms with Crippen molar-refractivity contribution in [2.45, 2.75) is 45.8 Å². The summed E-state index contributed by atoms with van der Waals surface area (Å²) >= 11 is 0. The standard InChI is InChI=1S/C16H33N3O/c1-4-18-8-9-20-16(12-18)13-19-7-5-6-15(11-19)10-17-14(2)3/h14-17H,4-13H2,1-3H3. The number of likely N-dealkylation sites (tertiary alicyclic amines) is 1. The van der Waals surface area contributed by atoms with Gasteiger partial charge in [-0.25, -0.2) is 0 Å². The second-order valence-corrected chi connectivity index (χ2v) is 6.72. The number of likely N-dealkylation sites (N-methyl/N-ethyl adjacent to an activating group) is 1. The van der Waals surface area contributed by atoms with Crippen molar-refractivity contribution in [3.05, 3.63) is 0 Å². The Bertz CT molecular complexity index is 272. The van der Waals surface area contributed by atoms with Crippen molar-refractivity contribution in [3.8, 4) is 0 Å². The molecule has 2 rings (SSSR count). The summed E-state index contributed by atoms with van der Waals surface area (Å²) in [5, 5.41) is 3.59. The number of piperidine rings is 1. The summed E-state index contributed by atoms with van der Waals surface area (Å²) in [5.74, 6) is 0.817. The van der Waals surface area contributed by atoms with Gasteiger partial charge in [0.2, 0.25) is 0 Å². The van der Waals surface area contributed by atoms with Crippen molar-refractivity contribution in [1.82, 2.24) is 15.1 Å². The Hall–Kier alpha value is -0.160. The summed E-state index contributed by atoms with van der Waals surface area (Å²) in [4.78, 5) is 5.13. The minimum atomic E-state index is 0.417. The number of nitrogens with zero attached hydrogens (tertiary/aromatic N) is 2. The quantitative estimate of drug-likeness (QED) is 0.798. The lowest BCUT2D eigenvalue weighted by molar-refractivity contribution is -0.0462. The first-order valence-electron chi connectivity index (χ1n) is 8.47. The Morgan fingerprint density at radius 1 is 1.20 bits per heavy atom. The van der Waals surface area contributed by atoms with Gasteiger partial charge in [-0.2, -0.15) is 0 Å². The van der Waals surface area contributed by atoms with Gasteiger partial charge in [-0.3, -0.25) is 4.90 Å². The van der Waals surface area contributed by atoms with E-state index in [0.29, 0.717) is 12.1 Å². The van der Waals surface area contributed by atoms with Gasteiger partial charge in [0.1, 0.15) is 0 Å². The van der Waals surface area contributed by atoms with E-state index in [2.05, 4.69) is 35.9 Å². The molecular formula is C16H33N3O. The molecule has 2 saturated heterocycles. The lowest BCUT2D eigenvalue weighted by Gasteiger charge is -2.38. The van der Waals surface area contributed by atoms with Gasteiger partial charge < -0.3 is 15.0 Å². The first-order chi connectivity index (χ1) is 9.67. The van der Waals surface area contributed by atoms with Crippen molar-refractivity contribution in [2.24, 2.45) is 5.92 Å². The normalized spacial score (nSPS) is 30.0. The molecular weight excluding hydrogens is 250 g/mol. The van der Waals surface area contributed by atoms with Gasteiger partial charge in [-0.1, -0.05) is 20.8 Å². The van der Waals surface area contributed by atoms with Crippen LogP contribution in [-0.4, -0.2) is 74.4 Å². The van der Waals surface area contributed by atoms with Crippen molar-refractivity contribution in [3.63, 3.8) is 0 Å². The van der Waals surface area contributed by atoms with Crippen LogP contribution >= 0.6 is 0 Å². The van der Waals surface area contributed by atoms with Crippen molar-refractivity contribution < 1.29 is 4.74 Å². The average Bonchev–Trinajstić information content (AvgIpc) is 2.46. The molecule has 2 unspecified atom stereocenters. The number of morpholine rings is 1. The van der Waals surface area contributed by atoms with Crippen LogP contribution in [0.3, 0.4) is 0 Å². The molecule has 0 aliphatic carbocycles. The van der Waals surface area contributed by atoms with Gasteiger partial charge in [-0.05, 0) is 38.4 Å². The molecule has 118 valence electrons. The van der Waals surface area contributed by atoms with Crippen LogP contribution in [0.15, 0.2) is 0 Å². The summed E-state index contributed by atoms with van der Waals surface area (Å²) in [7, 11) is 0. The van der Waals surface area contributed by atoms with Gasteiger partial charge in [0.15, 0.2) is 0 Å². The summed E-state index contributed by atoms with van der Waals surface area (Å²) < 4.78 is 5.95. The van der Waals surface area contributed by atoms with Crippen molar-refractivity contribution in [2.75, 3.05) is 52.4 Å². The molecule has 20 heavy (non-hydrogen) atoms. The molecule has 0 aromatic rings. The third-order valence-electron chi connectivity index (χ3n) is 4.55. The molecule has 4 heteroatoms. The van der Waals surface area contributed by atoms with Crippen LogP contribution in [0.25, 0.3) is 0 Å². The SMILES string of the molecule is CCN1CCOC(CN2CCCC(CNC(C)C)C2)C1. The third kappa shape index (κ3) is 5.32. The van der Waals surface area contributed by atoms with E-state index in [1.54, 1.807) is 0 Å². The molecule has 0 amide bonds. The van der Waals surface area contributed by atoms with Crippen LogP contribution in [0.5, 0.6) is 0 Å². The second-order valence-electron chi connectivity index (χ2n) is 6.72. The molecule has 4 nitrogen and oxygen atoms in total. The zero-order chi connectivity index (χ0) is 14.4. The second kappa shape index (κ2) is 8.32. The van der Waals surface area contributed by atoms with Gasteiger partial charge >= 0.3 is 0 Å². The molecule has 0 spiro atoms. The fourth-order valence-corrected chi connectivity index (χ4v) is 3.35. The fraction of sp³-hybridized carbons (Fsp3) is 1.00. The Kier molecular flexibility index (Phi) is 6.75. The summed E-state index contributed by atoms with van der Waals surface area (Å²) in [5.41, 5.74) is 0. The number of rotatable bonds is 6. The van der Waals surface area contributed by atoms with Crippen LogP contribution in [0.1, 0.15) is 33.6 Å². The maximum absolute atomic E-state index is 5.95. The maximum atomic E-state index is 5.95. The van der Waals surface area contributed by atoms with E-state index in [0.717, 1.165) is 38.7 Å². The molecule has 0 aromatic heterocycles. The predicted octanol–water partition coefficient (Wildman–Crippen LogP) is 1.42. The topological polar surface area (TPSA) is 27.7 Å². The highest BCUT2D eigenvalue weighted by atomic mass is 16.5.